The molecule has 64 valence electrons. The molecule has 0 aliphatic heterocycles. The van der Waals surface area contributed by atoms with Gasteiger partial charge in [0.25, 0.3) is 0 Å². The first-order chi connectivity index (χ1) is 5.04. The first-order valence-electron chi connectivity index (χ1n) is 2.71. The van der Waals surface area contributed by atoms with Crippen LogP contribution in [0.15, 0.2) is 12.7 Å². The molecule has 0 radical (unpaired) electrons. The zero-order valence-electron chi connectivity index (χ0n) is 6.02. The van der Waals surface area contributed by atoms with Crippen LogP contribution >= 0.6 is 7.60 Å². The normalized spacial score (nSPS) is 15.1. The Morgan fingerprint density at radius 1 is 1.82 bits per heavy atom. The standard InChI is InChI=1S/C5H9O5P/c1-3-4-10-11(7,8)5(6)9-2/h3H,1,4H2,2H3,(H,7,8). The summed E-state index contributed by atoms with van der Waals surface area (Å²) in [6, 6.07) is 0. The van der Waals surface area contributed by atoms with Gasteiger partial charge in [0.05, 0.1) is 13.7 Å². The molecular weight excluding hydrogens is 171 g/mol. The summed E-state index contributed by atoms with van der Waals surface area (Å²) in [7, 11) is -3.23. The average molecular weight is 180 g/mol. The first-order valence-corrected chi connectivity index (χ1v) is 4.29. The molecule has 0 heterocycles. The topological polar surface area (TPSA) is 72.8 Å². The fraction of sp³-hybridized carbons (Fsp3) is 0.400. The van der Waals surface area contributed by atoms with Crippen molar-refractivity contribution >= 4 is 13.3 Å². The van der Waals surface area contributed by atoms with E-state index in [4.69, 9.17) is 4.89 Å². The Kier molecular flexibility index (Phi) is 4.03. The van der Waals surface area contributed by atoms with Gasteiger partial charge >= 0.3 is 13.3 Å². The molecule has 5 nitrogen and oxygen atoms in total. The van der Waals surface area contributed by atoms with Gasteiger partial charge < -0.3 is 9.63 Å². The maximum atomic E-state index is 10.7. The van der Waals surface area contributed by atoms with E-state index >= 15 is 0 Å². The Hall–Kier alpha value is -0.640. The summed E-state index contributed by atoms with van der Waals surface area (Å²) in [5.41, 5.74) is -1.26. The van der Waals surface area contributed by atoms with Crippen molar-refractivity contribution in [1.29, 1.82) is 0 Å². The summed E-state index contributed by atoms with van der Waals surface area (Å²) < 4.78 is 19.0. The highest BCUT2D eigenvalue weighted by molar-refractivity contribution is 7.70. The molecule has 0 aliphatic carbocycles. The van der Waals surface area contributed by atoms with E-state index < -0.39 is 13.3 Å². The zero-order chi connectivity index (χ0) is 8.91. The van der Waals surface area contributed by atoms with E-state index in [2.05, 4.69) is 15.8 Å². The first kappa shape index (κ1) is 10.4. The van der Waals surface area contributed by atoms with E-state index in [1.807, 2.05) is 0 Å². The quantitative estimate of drug-likeness (QED) is 0.518. The second kappa shape index (κ2) is 4.28. The molecule has 0 bridgehead atoms. The molecule has 6 heteroatoms. The van der Waals surface area contributed by atoms with Crippen molar-refractivity contribution < 1.29 is 23.5 Å². The predicted octanol–water partition coefficient (Wildman–Crippen LogP) is 1.14. The molecule has 0 aromatic heterocycles. The van der Waals surface area contributed by atoms with Crippen molar-refractivity contribution in [2.45, 2.75) is 0 Å². The van der Waals surface area contributed by atoms with Gasteiger partial charge in [-0.05, 0) is 0 Å². The highest BCUT2D eigenvalue weighted by Crippen LogP contribution is 2.43. The van der Waals surface area contributed by atoms with Crippen LogP contribution in [0.4, 0.5) is 4.79 Å². The summed E-state index contributed by atoms with van der Waals surface area (Å²) >= 11 is 0. The molecule has 0 fully saturated rings. The molecule has 0 amide bonds. The largest absolute Gasteiger partial charge is 0.460 e. The molecular formula is C5H9O5P. The van der Waals surface area contributed by atoms with Crippen molar-refractivity contribution in [3.63, 3.8) is 0 Å². The fourth-order valence-electron chi connectivity index (χ4n) is 0.322. The fourth-order valence-corrected chi connectivity index (χ4v) is 0.965. The summed E-state index contributed by atoms with van der Waals surface area (Å²) in [6.45, 7) is 3.08. The third kappa shape index (κ3) is 3.32. The maximum Gasteiger partial charge on any atom is 0.436 e. The van der Waals surface area contributed by atoms with Crippen molar-refractivity contribution in [2.24, 2.45) is 0 Å². The lowest BCUT2D eigenvalue weighted by atomic mass is 10.7. The van der Waals surface area contributed by atoms with Crippen molar-refractivity contribution in [1.82, 2.24) is 0 Å². The van der Waals surface area contributed by atoms with Crippen molar-refractivity contribution in [3.05, 3.63) is 12.7 Å². The molecule has 0 saturated carbocycles. The minimum Gasteiger partial charge on any atom is -0.460 e. The Balaban J connectivity index is 4.10. The lowest BCUT2D eigenvalue weighted by Crippen LogP contribution is -2.02. The van der Waals surface area contributed by atoms with E-state index in [1.165, 1.54) is 6.08 Å². The third-order valence-corrected chi connectivity index (χ3v) is 1.92. The van der Waals surface area contributed by atoms with Crippen LogP contribution in [0.3, 0.4) is 0 Å². The van der Waals surface area contributed by atoms with Gasteiger partial charge in [-0.2, -0.15) is 0 Å². The second-order valence-electron chi connectivity index (χ2n) is 1.57. The van der Waals surface area contributed by atoms with Crippen LogP contribution in [0.5, 0.6) is 0 Å². The number of rotatable bonds is 4. The predicted molar refractivity (Wildman–Crippen MR) is 38.4 cm³/mol. The van der Waals surface area contributed by atoms with Crippen molar-refractivity contribution in [2.75, 3.05) is 13.7 Å². The lowest BCUT2D eigenvalue weighted by Gasteiger charge is -2.06. The third-order valence-electron chi connectivity index (χ3n) is 0.773. The molecule has 1 atom stereocenters. The number of hydrogen-bond acceptors (Lipinski definition) is 4. The summed E-state index contributed by atoms with van der Waals surface area (Å²) in [4.78, 5) is 19.2. The molecule has 0 aromatic rings. The number of carbonyl (C=O) groups is 1. The lowest BCUT2D eigenvalue weighted by molar-refractivity contribution is 0.180. The number of carbonyl (C=O) groups excluding carboxylic acids is 1. The average Bonchev–Trinajstić information content (AvgIpc) is 1.99. The van der Waals surface area contributed by atoms with Crippen LogP contribution in [-0.4, -0.2) is 24.3 Å². The van der Waals surface area contributed by atoms with Crippen LogP contribution in [0.2, 0.25) is 0 Å². The van der Waals surface area contributed by atoms with E-state index in [0.29, 0.717) is 0 Å². The van der Waals surface area contributed by atoms with Crippen LogP contribution in [0.1, 0.15) is 0 Å². The Morgan fingerprint density at radius 3 is 2.73 bits per heavy atom. The number of hydrogen-bond donors (Lipinski definition) is 1. The van der Waals surface area contributed by atoms with Gasteiger partial charge in [0.15, 0.2) is 0 Å². The number of ether oxygens (including phenoxy) is 1. The van der Waals surface area contributed by atoms with Gasteiger partial charge in [0.2, 0.25) is 0 Å². The van der Waals surface area contributed by atoms with Gasteiger partial charge in [-0.3, -0.25) is 4.52 Å². The molecule has 11 heavy (non-hydrogen) atoms. The summed E-state index contributed by atoms with van der Waals surface area (Å²) in [5, 5.41) is 0. The Bertz CT molecular complexity index is 199. The van der Waals surface area contributed by atoms with E-state index in [9.17, 15) is 9.36 Å². The SMILES string of the molecule is C=CCOP(=O)(O)C(=O)OC. The zero-order valence-corrected chi connectivity index (χ0v) is 6.91. The molecule has 1 N–H and O–H groups in total. The monoisotopic (exact) mass is 180 g/mol. The van der Waals surface area contributed by atoms with Crippen LogP contribution in [-0.2, 0) is 13.8 Å². The molecule has 0 saturated heterocycles. The van der Waals surface area contributed by atoms with Gasteiger partial charge in [0.1, 0.15) is 0 Å². The van der Waals surface area contributed by atoms with E-state index in [-0.39, 0.29) is 6.61 Å². The minimum absolute atomic E-state index is 0.164. The Labute approximate surface area is 64.2 Å². The summed E-state index contributed by atoms with van der Waals surface area (Å²) in [6.07, 6.45) is 1.26. The smallest absolute Gasteiger partial charge is 0.436 e. The van der Waals surface area contributed by atoms with E-state index in [0.717, 1.165) is 7.11 Å². The molecule has 0 rings (SSSR count). The highest BCUT2D eigenvalue weighted by atomic mass is 31.2. The van der Waals surface area contributed by atoms with E-state index in [1.54, 1.807) is 0 Å². The Morgan fingerprint density at radius 2 is 2.36 bits per heavy atom. The molecule has 0 aliphatic rings. The van der Waals surface area contributed by atoms with Gasteiger partial charge in [-0.15, -0.1) is 6.58 Å². The molecule has 0 aromatic carbocycles. The van der Waals surface area contributed by atoms with Crippen molar-refractivity contribution in [3.8, 4) is 0 Å². The van der Waals surface area contributed by atoms with Crippen LogP contribution in [0.25, 0.3) is 0 Å². The van der Waals surface area contributed by atoms with Crippen LogP contribution in [0, 0.1) is 0 Å². The maximum absolute atomic E-state index is 10.7. The van der Waals surface area contributed by atoms with Gasteiger partial charge in [-0.1, -0.05) is 6.08 Å². The second-order valence-corrected chi connectivity index (χ2v) is 3.24. The summed E-state index contributed by atoms with van der Waals surface area (Å²) in [5.74, 6) is 0. The van der Waals surface area contributed by atoms with Gasteiger partial charge in [-0.25, -0.2) is 9.36 Å². The highest BCUT2D eigenvalue weighted by Gasteiger charge is 2.31. The molecule has 1 unspecified atom stereocenters. The molecule has 0 spiro atoms. The number of methoxy groups -OCH3 is 1. The van der Waals surface area contributed by atoms with Crippen LogP contribution < -0.4 is 0 Å². The minimum atomic E-state index is -4.23. The van der Waals surface area contributed by atoms with Gasteiger partial charge in [0, 0.05) is 0 Å².